The number of hydrogen-bond donors (Lipinski definition) is 3. The van der Waals surface area contributed by atoms with Crippen LogP contribution in [-0.2, 0) is 16.1 Å². The molecule has 19 heavy (non-hydrogen) atoms. The zero-order chi connectivity index (χ0) is 14.5. The molecule has 4 N–H and O–H groups in total. The monoisotopic (exact) mass is 278 g/mol. The van der Waals surface area contributed by atoms with E-state index >= 15 is 0 Å². The number of phenols is 1. The Bertz CT molecular complexity index is 449. The van der Waals surface area contributed by atoms with Crippen LogP contribution >= 0.6 is 0 Å². The SMILES string of the molecule is Nc1ccc(O)c(CNC(=O)COCC(F)(F)F)c1. The number of halogens is 3. The standard InChI is InChI=1S/C11H13F3N2O3/c12-11(13,14)6-19-5-10(18)16-4-7-3-8(15)1-2-9(7)17/h1-3,17H,4-6,15H2,(H,16,18). The molecule has 0 saturated carbocycles. The van der Waals surface area contributed by atoms with Crippen molar-refractivity contribution in [3.8, 4) is 5.75 Å². The molecule has 1 aromatic carbocycles. The minimum absolute atomic E-state index is 0.0505. The number of nitrogens with one attached hydrogen (secondary N) is 1. The highest BCUT2D eigenvalue weighted by molar-refractivity contribution is 5.77. The molecule has 0 aliphatic rings. The topological polar surface area (TPSA) is 84.6 Å². The lowest BCUT2D eigenvalue weighted by molar-refractivity contribution is -0.175. The van der Waals surface area contributed by atoms with E-state index < -0.39 is 25.3 Å². The van der Waals surface area contributed by atoms with Crippen LogP contribution in [-0.4, -0.2) is 30.4 Å². The molecular formula is C11H13F3N2O3. The van der Waals surface area contributed by atoms with Crippen molar-refractivity contribution in [2.24, 2.45) is 0 Å². The molecule has 0 heterocycles. The largest absolute Gasteiger partial charge is 0.508 e. The van der Waals surface area contributed by atoms with Crippen LogP contribution in [0.4, 0.5) is 18.9 Å². The van der Waals surface area contributed by atoms with Crippen LogP contribution in [0.1, 0.15) is 5.56 Å². The van der Waals surface area contributed by atoms with Crippen LogP contribution in [0, 0.1) is 0 Å². The van der Waals surface area contributed by atoms with Gasteiger partial charge in [-0.25, -0.2) is 0 Å². The summed E-state index contributed by atoms with van der Waals surface area (Å²) in [5, 5.41) is 11.8. The highest BCUT2D eigenvalue weighted by Gasteiger charge is 2.27. The van der Waals surface area contributed by atoms with Crippen LogP contribution in [0.3, 0.4) is 0 Å². The van der Waals surface area contributed by atoms with Gasteiger partial charge in [-0.15, -0.1) is 0 Å². The first kappa shape index (κ1) is 15.1. The van der Waals surface area contributed by atoms with Gasteiger partial charge in [0.1, 0.15) is 19.0 Å². The van der Waals surface area contributed by atoms with E-state index in [9.17, 15) is 23.1 Å². The fourth-order valence-corrected chi connectivity index (χ4v) is 1.25. The second-order valence-electron chi connectivity index (χ2n) is 3.77. The van der Waals surface area contributed by atoms with Crippen molar-refractivity contribution in [3.63, 3.8) is 0 Å². The molecule has 0 bridgehead atoms. The van der Waals surface area contributed by atoms with Gasteiger partial charge in [-0.3, -0.25) is 4.79 Å². The van der Waals surface area contributed by atoms with Crippen LogP contribution in [0.25, 0.3) is 0 Å². The van der Waals surface area contributed by atoms with Gasteiger partial charge in [0.25, 0.3) is 0 Å². The number of carbonyl (C=O) groups is 1. The first-order valence-corrected chi connectivity index (χ1v) is 5.26. The second kappa shape index (κ2) is 6.28. The third-order valence-electron chi connectivity index (χ3n) is 2.08. The van der Waals surface area contributed by atoms with E-state index in [-0.39, 0.29) is 12.3 Å². The minimum Gasteiger partial charge on any atom is -0.508 e. The molecular weight excluding hydrogens is 265 g/mol. The molecule has 0 aliphatic carbocycles. The Morgan fingerprint density at radius 2 is 2.11 bits per heavy atom. The van der Waals surface area contributed by atoms with E-state index in [4.69, 9.17) is 5.73 Å². The summed E-state index contributed by atoms with van der Waals surface area (Å²) in [6, 6.07) is 4.29. The van der Waals surface area contributed by atoms with E-state index in [0.717, 1.165) is 0 Å². The summed E-state index contributed by atoms with van der Waals surface area (Å²) in [5.74, 6) is -0.781. The Hall–Kier alpha value is -1.96. The van der Waals surface area contributed by atoms with Crippen LogP contribution < -0.4 is 11.1 Å². The molecule has 1 rings (SSSR count). The molecule has 0 fully saturated rings. The predicted molar refractivity (Wildman–Crippen MR) is 61.2 cm³/mol. The normalized spacial score (nSPS) is 11.3. The van der Waals surface area contributed by atoms with Gasteiger partial charge in [0, 0.05) is 17.8 Å². The van der Waals surface area contributed by atoms with Crippen LogP contribution in [0.15, 0.2) is 18.2 Å². The number of alkyl halides is 3. The molecule has 106 valence electrons. The first-order chi connectivity index (χ1) is 8.78. The smallest absolute Gasteiger partial charge is 0.411 e. The molecule has 8 heteroatoms. The maximum Gasteiger partial charge on any atom is 0.411 e. The summed E-state index contributed by atoms with van der Waals surface area (Å²) < 4.78 is 39.4. The van der Waals surface area contributed by atoms with E-state index in [2.05, 4.69) is 10.1 Å². The number of phenolic OH excluding ortho intramolecular Hbond substituents is 1. The summed E-state index contributed by atoms with van der Waals surface area (Å²) >= 11 is 0. The van der Waals surface area contributed by atoms with E-state index in [1.165, 1.54) is 18.2 Å². The maximum absolute atomic E-state index is 11.8. The van der Waals surface area contributed by atoms with E-state index in [0.29, 0.717) is 11.3 Å². The molecule has 0 aliphatic heterocycles. The van der Waals surface area contributed by atoms with Gasteiger partial charge >= 0.3 is 6.18 Å². The van der Waals surface area contributed by atoms with Crippen molar-refractivity contribution in [1.29, 1.82) is 0 Å². The van der Waals surface area contributed by atoms with Crippen molar-refractivity contribution in [2.75, 3.05) is 18.9 Å². The molecule has 1 aromatic rings. The highest BCUT2D eigenvalue weighted by atomic mass is 19.4. The van der Waals surface area contributed by atoms with Crippen molar-refractivity contribution in [2.45, 2.75) is 12.7 Å². The number of carbonyl (C=O) groups excluding carboxylic acids is 1. The van der Waals surface area contributed by atoms with Crippen LogP contribution in [0.2, 0.25) is 0 Å². The average Bonchev–Trinajstić information content (AvgIpc) is 2.28. The molecule has 0 radical (unpaired) electrons. The Morgan fingerprint density at radius 3 is 2.74 bits per heavy atom. The van der Waals surface area contributed by atoms with Gasteiger partial charge in [0.05, 0.1) is 0 Å². The van der Waals surface area contributed by atoms with Gasteiger partial charge in [0.15, 0.2) is 0 Å². The summed E-state index contributed by atoms with van der Waals surface area (Å²) in [7, 11) is 0. The van der Waals surface area contributed by atoms with Crippen molar-refractivity contribution < 1.29 is 27.8 Å². The number of nitrogen functional groups attached to an aromatic ring is 1. The fraction of sp³-hybridized carbons (Fsp3) is 0.364. The van der Waals surface area contributed by atoms with Gasteiger partial charge in [0.2, 0.25) is 5.91 Å². The van der Waals surface area contributed by atoms with Crippen molar-refractivity contribution in [3.05, 3.63) is 23.8 Å². The van der Waals surface area contributed by atoms with Crippen molar-refractivity contribution >= 4 is 11.6 Å². The number of hydrogen-bond acceptors (Lipinski definition) is 4. The van der Waals surface area contributed by atoms with E-state index in [1.54, 1.807) is 0 Å². The Balaban J connectivity index is 2.36. The lowest BCUT2D eigenvalue weighted by Gasteiger charge is -2.09. The number of aromatic hydroxyl groups is 1. The Labute approximate surface area is 107 Å². The predicted octanol–water partition coefficient (Wildman–Crippen LogP) is 1.17. The maximum atomic E-state index is 11.8. The minimum atomic E-state index is -4.47. The van der Waals surface area contributed by atoms with E-state index in [1.807, 2.05) is 0 Å². The third kappa shape index (κ3) is 5.96. The molecule has 0 aromatic heterocycles. The molecule has 1 amide bonds. The Kier molecular flexibility index (Phi) is 4.99. The zero-order valence-electron chi connectivity index (χ0n) is 9.83. The number of amides is 1. The summed E-state index contributed by atoms with van der Waals surface area (Å²) in [4.78, 5) is 11.2. The van der Waals surface area contributed by atoms with Gasteiger partial charge < -0.3 is 20.9 Å². The van der Waals surface area contributed by atoms with Gasteiger partial charge in [-0.1, -0.05) is 0 Å². The Morgan fingerprint density at radius 1 is 1.42 bits per heavy atom. The fourth-order valence-electron chi connectivity index (χ4n) is 1.25. The summed E-state index contributed by atoms with van der Waals surface area (Å²) in [6.45, 7) is -2.24. The highest BCUT2D eigenvalue weighted by Crippen LogP contribution is 2.19. The number of nitrogens with two attached hydrogens (primary N) is 1. The molecule has 5 nitrogen and oxygen atoms in total. The second-order valence-corrected chi connectivity index (χ2v) is 3.77. The summed E-state index contributed by atoms with van der Waals surface area (Å²) in [6.07, 6.45) is -4.47. The molecule has 0 atom stereocenters. The third-order valence-corrected chi connectivity index (χ3v) is 2.08. The zero-order valence-corrected chi connectivity index (χ0v) is 9.83. The van der Waals surface area contributed by atoms with Crippen molar-refractivity contribution in [1.82, 2.24) is 5.32 Å². The van der Waals surface area contributed by atoms with Gasteiger partial charge in [-0.05, 0) is 18.2 Å². The van der Waals surface area contributed by atoms with Gasteiger partial charge in [-0.2, -0.15) is 13.2 Å². The number of anilines is 1. The molecule has 0 spiro atoms. The summed E-state index contributed by atoms with van der Waals surface area (Å²) in [5.41, 5.74) is 6.25. The number of benzene rings is 1. The quantitative estimate of drug-likeness (QED) is 0.557. The lowest BCUT2D eigenvalue weighted by Crippen LogP contribution is -2.29. The first-order valence-electron chi connectivity index (χ1n) is 5.26. The van der Waals surface area contributed by atoms with Crippen LogP contribution in [0.5, 0.6) is 5.75 Å². The molecule has 0 saturated heterocycles. The number of rotatable bonds is 5. The number of ether oxygens (including phenoxy) is 1. The average molecular weight is 278 g/mol. The lowest BCUT2D eigenvalue weighted by atomic mass is 10.2. The molecule has 0 unspecified atom stereocenters.